The van der Waals surface area contributed by atoms with Crippen LogP contribution in [0.15, 0.2) is 24.3 Å². The van der Waals surface area contributed by atoms with Crippen LogP contribution in [-0.4, -0.2) is 48.3 Å². The van der Waals surface area contributed by atoms with Crippen LogP contribution in [0.2, 0.25) is 0 Å². The molecule has 3 rings (SSSR count). The summed E-state index contributed by atoms with van der Waals surface area (Å²) in [7, 11) is 0. The molecule has 3 nitrogen and oxygen atoms in total. The van der Waals surface area contributed by atoms with Crippen LogP contribution in [0.1, 0.15) is 43.6 Å². The average Bonchev–Trinajstić information content (AvgIpc) is 2.55. The van der Waals surface area contributed by atoms with Gasteiger partial charge in [0.15, 0.2) is 0 Å². The zero-order valence-electron chi connectivity index (χ0n) is 14.0. The molecule has 1 saturated heterocycles. The van der Waals surface area contributed by atoms with Crippen molar-refractivity contribution in [1.82, 2.24) is 10.2 Å². The Bertz CT molecular complexity index is 492. The standard InChI is InChI=1S/C18H27FN2O.2ClH/c19-17-7-3-2-6-15(17)16(14-21-12-10-20-11-13-21)18(22)8-4-1-5-9-18;;/h2-3,6-7,16,20,22H,1,4-5,8-14H2;2*1H. The zero-order chi connectivity index (χ0) is 15.4. The molecular weight excluding hydrogens is 350 g/mol. The zero-order valence-corrected chi connectivity index (χ0v) is 15.7. The molecule has 1 unspecified atom stereocenters. The lowest BCUT2D eigenvalue weighted by atomic mass is 9.72. The number of nitrogens with one attached hydrogen (secondary N) is 1. The van der Waals surface area contributed by atoms with Gasteiger partial charge in [-0.1, -0.05) is 37.5 Å². The Labute approximate surface area is 156 Å². The molecule has 1 heterocycles. The summed E-state index contributed by atoms with van der Waals surface area (Å²) in [6.07, 6.45) is 4.85. The highest BCUT2D eigenvalue weighted by atomic mass is 35.5. The molecule has 1 aliphatic heterocycles. The SMILES string of the molecule is Cl.Cl.OC1(C(CN2CCNCC2)c2ccccc2F)CCCCC1. The van der Waals surface area contributed by atoms with Crippen molar-refractivity contribution in [3.63, 3.8) is 0 Å². The van der Waals surface area contributed by atoms with Gasteiger partial charge in [0.2, 0.25) is 0 Å². The van der Waals surface area contributed by atoms with E-state index in [0.717, 1.165) is 58.4 Å². The first-order valence-electron chi connectivity index (χ1n) is 8.59. The Balaban J connectivity index is 0.00000144. The number of piperazine rings is 1. The van der Waals surface area contributed by atoms with Gasteiger partial charge in [-0.3, -0.25) is 0 Å². The molecule has 0 aromatic heterocycles. The van der Waals surface area contributed by atoms with Gasteiger partial charge in [-0.15, -0.1) is 24.8 Å². The van der Waals surface area contributed by atoms with Crippen molar-refractivity contribution < 1.29 is 9.50 Å². The van der Waals surface area contributed by atoms with E-state index in [1.54, 1.807) is 6.07 Å². The number of aliphatic hydroxyl groups is 1. The van der Waals surface area contributed by atoms with Gasteiger partial charge in [-0.25, -0.2) is 4.39 Å². The fourth-order valence-electron chi connectivity index (χ4n) is 3.98. The fraction of sp³-hybridized carbons (Fsp3) is 0.667. The summed E-state index contributed by atoms with van der Waals surface area (Å²) in [6.45, 7) is 4.64. The normalized spacial score (nSPS) is 22.1. The molecule has 138 valence electrons. The summed E-state index contributed by atoms with van der Waals surface area (Å²) in [4.78, 5) is 2.36. The van der Waals surface area contributed by atoms with Crippen molar-refractivity contribution in [1.29, 1.82) is 0 Å². The van der Waals surface area contributed by atoms with Gasteiger partial charge in [-0.05, 0) is 24.5 Å². The van der Waals surface area contributed by atoms with E-state index in [0.29, 0.717) is 5.56 Å². The summed E-state index contributed by atoms with van der Waals surface area (Å²) < 4.78 is 14.4. The maximum Gasteiger partial charge on any atom is 0.126 e. The molecule has 2 aliphatic rings. The molecule has 0 bridgehead atoms. The van der Waals surface area contributed by atoms with Crippen LogP contribution < -0.4 is 5.32 Å². The molecule has 1 saturated carbocycles. The van der Waals surface area contributed by atoms with E-state index in [2.05, 4.69) is 10.2 Å². The second-order valence-corrected chi connectivity index (χ2v) is 6.79. The third-order valence-electron chi connectivity index (χ3n) is 5.30. The highest BCUT2D eigenvalue weighted by Gasteiger charge is 2.40. The Kier molecular flexibility index (Phi) is 8.96. The summed E-state index contributed by atoms with van der Waals surface area (Å²) in [5.74, 6) is -0.311. The highest BCUT2D eigenvalue weighted by Crippen LogP contribution is 2.41. The van der Waals surface area contributed by atoms with Crippen LogP contribution in [0, 0.1) is 5.82 Å². The largest absolute Gasteiger partial charge is 0.389 e. The molecule has 2 fully saturated rings. The number of hydrogen-bond donors (Lipinski definition) is 2. The maximum atomic E-state index is 14.4. The third kappa shape index (κ3) is 5.06. The summed E-state index contributed by atoms with van der Waals surface area (Å²) >= 11 is 0. The van der Waals surface area contributed by atoms with Gasteiger partial charge >= 0.3 is 0 Å². The summed E-state index contributed by atoms with van der Waals surface area (Å²) in [5, 5.41) is 14.6. The number of nitrogens with zero attached hydrogens (tertiary/aromatic N) is 1. The Morgan fingerprint density at radius 2 is 1.71 bits per heavy atom. The van der Waals surface area contributed by atoms with Crippen LogP contribution in [0.4, 0.5) is 4.39 Å². The minimum atomic E-state index is -0.759. The summed E-state index contributed by atoms with van der Waals surface area (Å²) in [6, 6.07) is 6.99. The van der Waals surface area contributed by atoms with Gasteiger partial charge in [0.25, 0.3) is 0 Å². The highest BCUT2D eigenvalue weighted by molar-refractivity contribution is 5.85. The molecule has 1 aliphatic carbocycles. The van der Waals surface area contributed by atoms with Crippen LogP contribution >= 0.6 is 24.8 Å². The lowest BCUT2D eigenvalue weighted by Crippen LogP contribution is -2.49. The fourth-order valence-corrected chi connectivity index (χ4v) is 3.98. The van der Waals surface area contributed by atoms with E-state index >= 15 is 0 Å². The topological polar surface area (TPSA) is 35.5 Å². The van der Waals surface area contributed by atoms with Gasteiger partial charge in [-0.2, -0.15) is 0 Å². The molecule has 0 spiro atoms. The smallest absolute Gasteiger partial charge is 0.126 e. The number of hydrogen-bond acceptors (Lipinski definition) is 3. The molecule has 24 heavy (non-hydrogen) atoms. The second-order valence-electron chi connectivity index (χ2n) is 6.79. The predicted octanol–water partition coefficient (Wildman–Crippen LogP) is 3.35. The van der Waals surface area contributed by atoms with E-state index in [1.807, 2.05) is 12.1 Å². The third-order valence-corrected chi connectivity index (χ3v) is 5.30. The Morgan fingerprint density at radius 1 is 1.08 bits per heavy atom. The van der Waals surface area contributed by atoms with Crippen molar-refractivity contribution in [2.24, 2.45) is 0 Å². The summed E-state index contributed by atoms with van der Waals surface area (Å²) in [5.41, 5.74) is -0.0730. The second kappa shape index (κ2) is 9.93. The van der Waals surface area contributed by atoms with E-state index in [-0.39, 0.29) is 36.5 Å². The average molecular weight is 379 g/mol. The molecule has 2 N–H and O–H groups in total. The molecule has 0 radical (unpaired) electrons. The van der Waals surface area contributed by atoms with Crippen molar-refractivity contribution in [2.75, 3.05) is 32.7 Å². The number of rotatable bonds is 4. The molecule has 1 aromatic rings. The maximum absolute atomic E-state index is 14.4. The quantitative estimate of drug-likeness (QED) is 0.842. The minimum Gasteiger partial charge on any atom is -0.389 e. The molecule has 0 amide bonds. The molecule has 1 atom stereocenters. The van der Waals surface area contributed by atoms with E-state index < -0.39 is 5.60 Å². The Morgan fingerprint density at radius 3 is 2.33 bits per heavy atom. The monoisotopic (exact) mass is 378 g/mol. The molecular formula is C18H29Cl2FN2O. The van der Waals surface area contributed by atoms with Crippen LogP contribution in [0.5, 0.6) is 0 Å². The molecule has 1 aromatic carbocycles. The van der Waals surface area contributed by atoms with Gasteiger partial charge in [0.05, 0.1) is 5.60 Å². The first-order chi connectivity index (χ1) is 10.7. The van der Waals surface area contributed by atoms with Crippen molar-refractivity contribution in [3.05, 3.63) is 35.6 Å². The van der Waals surface area contributed by atoms with Crippen molar-refractivity contribution in [3.8, 4) is 0 Å². The molecule has 6 heteroatoms. The van der Waals surface area contributed by atoms with E-state index in [1.165, 1.54) is 12.5 Å². The minimum absolute atomic E-state index is 0. The van der Waals surface area contributed by atoms with Crippen molar-refractivity contribution in [2.45, 2.75) is 43.6 Å². The lowest BCUT2D eigenvalue weighted by molar-refractivity contribution is -0.0325. The van der Waals surface area contributed by atoms with Gasteiger partial charge in [0, 0.05) is 38.6 Å². The lowest BCUT2D eigenvalue weighted by Gasteiger charge is -2.42. The van der Waals surface area contributed by atoms with Crippen LogP contribution in [0.25, 0.3) is 0 Å². The van der Waals surface area contributed by atoms with Gasteiger partial charge in [0.1, 0.15) is 5.82 Å². The van der Waals surface area contributed by atoms with Crippen molar-refractivity contribution >= 4 is 24.8 Å². The van der Waals surface area contributed by atoms with Crippen LogP contribution in [0.3, 0.4) is 0 Å². The first kappa shape index (κ1) is 21.7. The number of halogens is 3. The predicted molar refractivity (Wildman–Crippen MR) is 101 cm³/mol. The van der Waals surface area contributed by atoms with Crippen LogP contribution in [-0.2, 0) is 0 Å². The van der Waals surface area contributed by atoms with E-state index in [4.69, 9.17) is 0 Å². The Hall–Kier alpha value is -0.390. The number of benzene rings is 1. The first-order valence-corrected chi connectivity index (χ1v) is 8.59. The van der Waals surface area contributed by atoms with Gasteiger partial charge < -0.3 is 15.3 Å². The van der Waals surface area contributed by atoms with E-state index in [9.17, 15) is 9.50 Å².